The highest BCUT2D eigenvalue weighted by molar-refractivity contribution is 5.67. The smallest absolute Gasteiger partial charge is 0.407 e. The second kappa shape index (κ2) is 5.95. The van der Waals surface area contributed by atoms with Gasteiger partial charge >= 0.3 is 6.09 Å². The lowest BCUT2D eigenvalue weighted by Crippen LogP contribution is -2.38. The first-order chi connectivity index (χ1) is 6.76. The van der Waals surface area contributed by atoms with Crippen LogP contribution in [0.25, 0.3) is 0 Å². The Hall–Kier alpha value is -0.770. The van der Waals surface area contributed by atoms with Crippen molar-refractivity contribution in [2.75, 3.05) is 6.54 Å². The first-order valence-electron chi connectivity index (χ1n) is 5.41. The Morgan fingerprint density at radius 1 is 1.47 bits per heavy atom. The van der Waals surface area contributed by atoms with Crippen LogP contribution in [-0.2, 0) is 4.74 Å². The van der Waals surface area contributed by atoms with Gasteiger partial charge in [-0.15, -0.1) is 0 Å². The van der Waals surface area contributed by atoms with Crippen LogP contribution in [-0.4, -0.2) is 29.4 Å². The van der Waals surface area contributed by atoms with Gasteiger partial charge in [0, 0.05) is 6.54 Å². The molecule has 0 radical (unpaired) electrons. The molecule has 2 atom stereocenters. The van der Waals surface area contributed by atoms with Crippen molar-refractivity contribution in [1.29, 1.82) is 0 Å². The normalized spacial score (nSPS) is 15.6. The number of carbonyl (C=O) groups is 1. The third kappa shape index (κ3) is 7.19. The number of aliphatic hydroxyl groups excluding tert-OH is 1. The summed E-state index contributed by atoms with van der Waals surface area (Å²) in [7, 11) is 0. The Bertz CT molecular complexity index is 198. The fourth-order valence-corrected chi connectivity index (χ4v) is 0.975. The summed E-state index contributed by atoms with van der Waals surface area (Å²) in [4.78, 5) is 11.2. The maximum atomic E-state index is 11.2. The van der Waals surface area contributed by atoms with E-state index in [1.54, 1.807) is 20.8 Å². The van der Waals surface area contributed by atoms with E-state index < -0.39 is 17.8 Å². The number of hydrogen-bond donors (Lipinski definition) is 2. The molecule has 90 valence electrons. The molecule has 0 fully saturated rings. The van der Waals surface area contributed by atoms with Gasteiger partial charge in [0.2, 0.25) is 0 Å². The SMILES string of the molecule is CC[C@H](C)[C@@H](O)CNC(=O)OC(C)(C)C. The summed E-state index contributed by atoms with van der Waals surface area (Å²) >= 11 is 0. The molecule has 0 unspecified atom stereocenters. The second-order valence-electron chi connectivity index (χ2n) is 4.84. The summed E-state index contributed by atoms with van der Waals surface area (Å²) in [5.74, 6) is 0.180. The summed E-state index contributed by atoms with van der Waals surface area (Å²) < 4.78 is 5.04. The van der Waals surface area contributed by atoms with Gasteiger partial charge in [-0.3, -0.25) is 0 Å². The van der Waals surface area contributed by atoms with Gasteiger partial charge in [-0.2, -0.15) is 0 Å². The summed E-state index contributed by atoms with van der Waals surface area (Å²) in [6, 6.07) is 0. The quantitative estimate of drug-likeness (QED) is 0.756. The van der Waals surface area contributed by atoms with Gasteiger partial charge in [0.1, 0.15) is 5.60 Å². The Morgan fingerprint density at radius 3 is 2.40 bits per heavy atom. The minimum Gasteiger partial charge on any atom is -0.444 e. The van der Waals surface area contributed by atoms with Crippen LogP contribution in [0.2, 0.25) is 0 Å². The molecule has 0 saturated heterocycles. The van der Waals surface area contributed by atoms with Gasteiger partial charge in [-0.25, -0.2) is 4.79 Å². The van der Waals surface area contributed by atoms with Crippen molar-refractivity contribution in [3.63, 3.8) is 0 Å². The van der Waals surface area contributed by atoms with Gasteiger partial charge in [-0.1, -0.05) is 20.3 Å². The van der Waals surface area contributed by atoms with Gasteiger partial charge < -0.3 is 15.2 Å². The third-order valence-electron chi connectivity index (χ3n) is 2.16. The van der Waals surface area contributed by atoms with Crippen LogP contribution >= 0.6 is 0 Å². The lowest BCUT2D eigenvalue weighted by atomic mass is 10.0. The van der Waals surface area contributed by atoms with E-state index in [0.29, 0.717) is 0 Å². The topological polar surface area (TPSA) is 58.6 Å². The fourth-order valence-electron chi connectivity index (χ4n) is 0.975. The maximum absolute atomic E-state index is 11.2. The average Bonchev–Trinajstić information content (AvgIpc) is 2.10. The van der Waals surface area contributed by atoms with E-state index in [0.717, 1.165) is 6.42 Å². The highest BCUT2D eigenvalue weighted by Crippen LogP contribution is 2.08. The Kier molecular flexibility index (Phi) is 5.65. The average molecular weight is 217 g/mol. The monoisotopic (exact) mass is 217 g/mol. The van der Waals surface area contributed by atoms with E-state index >= 15 is 0 Å². The largest absolute Gasteiger partial charge is 0.444 e. The summed E-state index contributed by atoms with van der Waals surface area (Å²) in [5, 5.41) is 12.1. The van der Waals surface area contributed by atoms with Crippen molar-refractivity contribution < 1.29 is 14.6 Å². The first kappa shape index (κ1) is 14.2. The Balaban J connectivity index is 3.81. The van der Waals surface area contributed by atoms with Gasteiger partial charge in [0.05, 0.1) is 6.10 Å². The molecule has 4 heteroatoms. The van der Waals surface area contributed by atoms with Crippen molar-refractivity contribution in [3.05, 3.63) is 0 Å². The molecular formula is C11H23NO3. The second-order valence-corrected chi connectivity index (χ2v) is 4.84. The van der Waals surface area contributed by atoms with Crippen LogP contribution in [0.4, 0.5) is 4.79 Å². The van der Waals surface area contributed by atoms with Crippen LogP contribution in [0.1, 0.15) is 41.0 Å². The zero-order valence-electron chi connectivity index (χ0n) is 10.3. The highest BCUT2D eigenvalue weighted by Gasteiger charge is 2.18. The first-order valence-corrected chi connectivity index (χ1v) is 5.41. The van der Waals surface area contributed by atoms with E-state index in [-0.39, 0.29) is 12.5 Å². The zero-order valence-corrected chi connectivity index (χ0v) is 10.3. The molecule has 0 aliphatic carbocycles. The summed E-state index contributed by atoms with van der Waals surface area (Å²) in [6.45, 7) is 9.60. The number of aliphatic hydroxyl groups is 1. The molecule has 2 N–H and O–H groups in total. The van der Waals surface area contributed by atoms with Gasteiger partial charge in [0.25, 0.3) is 0 Å². The van der Waals surface area contributed by atoms with Crippen molar-refractivity contribution in [2.45, 2.75) is 52.7 Å². The number of rotatable bonds is 4. The van der Waals surface area contributed by atoms with E-state index in [1.807, 2.05) is 13.8 Å². The summed E-state index contributed by atoms with van der Waals surface area (Å²) in [5.41, 5.74) is -0.495. The zero-order chi connectivity index (χ0) is 12.1. The fraction of sp³-hybridized carbons (Fsp3) is 0.909. The van der Waals surface area contributed by atoms with Crippen LogP contribution in [0.15, 0.2) is 0 Å². The predicted octanol–water partition coefficient (Wildman–Crippen LogP) is 1.92. The molecule has 0 spiro atoms. The van der Waals surface area contributed by atoms with Crippen molar-refractivity contribution in [1.82, 2.24) is 5.32 Å². The molecule has 0 rings (SSSR count). The molecule has 15 heavy (non-hydrogen) atoms. The van der Waals surface area contributed by atoms with E-state index in [1.165, 1.54) is 0 Å². The molecule has 0 heterocycles. The van der Waals surface area contributed by atoms with E-state index in [9.17, 15) is 9.90 Å². The maximum Gasteiger partial charge on any atom is 0.407 e. The van der Waals surface area contributed by atoms with Gasteiger partial charge in [-0.05, 0) is 26.7 Å². The molecule has 1 amide bonds. The molecular weight excluding hydrogens is 194 g/mol. The molecule has 0 aromatic rings. The predicted molar refractivity (Wildman–Crippen MR) is 59.7 cm³/mol. The lowest BCUT2D eigenvalue weighted by Gasteiger charge is -2.22. The molecule has 0 aliphatic heterocycles. The van der Waals surface area contributed by atoms with Crippen molar-refractivity contribution in [2.24, 2.45) is 5.92 Å². The molecule has 0 aliphatic rings. The molecule has 0 aromatic carbocycles. The Labute approximate surface area is 92.0 Å². The minimum atomic E-state index is -0.512. The number of hydrogen-bond acceptors (Lipinski definition) is 3. The highest BCUT2D eigenvalue weighted by atomic mass is 16.6. The number of amides is 1. The van der Waals surface area contributed by atoms with Crippen molar-refractivity contribution >= 4 is 6.09 Å². The van der Waals surface area contributed by atoms with Crippen molar-refractivity contribution in [3.8, 4) is 0 Å². The van der Waals surface area contributed by atoms with Gasteiger partial charge in [0.15, 0.2) is 0 Å². The van der Waals surface area contributed by atoms with Crippen LogP contribution < -0.4 is 5.32 Å². The summed E-state index contributed by atoms with van der Waals surface area (Å²) in [6.07, 6.45) is -0.107. The molecule has 4 nitrogen and oxygen atoms in total. The minimum absolute atomic E-state index is 0.180. The molecule has 0 saturated carbocycles. The third-order valence-corrected chi connectivity index (χ3v) is 2.16. The van der Waals surface area contributed by atoms with Crippen LogP contribution in [0.3, 0.4) is 0 Å². The van der Waals surface area contributed by atoms with Crippen LogP contribution in [0, 0.1) is 5.92 Å². The van der Waals surface area contributed by atoms with Crippen LogP contribution in [0.5, 0.6) is 0 Å². The standard InChI is InChI=1S/C11H23NO3/c1-6-8(2)9(13)7-12-10(14)15-11(3,4)5/h8-9,13H,6-7H2,1-5H3,(H,12,14)/t8-,9-/m0/s1. The van der Waals surface area contributed by atoms with E-state index in [2.05, 4.69) is 5.32 Å². The molecule has 0 aromatic heterocycles. The lowest BCUT2D eigenvalue weighted by molar-refractivity contribution is 0.0459. The Morgan fingerprint density at radius 2 is 2.00 bits per heavy atom. The van der Waals surface area contributed by atoms with E-state index in [4.69, 9.17) is 4.74 Å². The number of carbonyl (C=O) groups excluding carboxylic acids is 1. The molecule has 0 bridgehead atoms. The number of nitrogens with one attached hydrogen (secondary N) is 1. The number of alkyl carbamates (subject to hydrolysis) is 1. The number of ether oxygens (including phenoxy) is 1.